The number of hydrogen-bond donors (Lipinski definition) is 4. The molecule has 1 atom stereocenters. The summed E-state index contributed by atoms with van der Waals surface area (Å²) in [5.41, 5.74) is 1.91. The SMILES string of the molecule is CCc1ccccc1NC(=O)C1CC(=O)Nc2nc(Nc3ccc(Cl)cc3)[nH]c(=O)c21. The maximum Gasteiger partial charge on any atom is 0.258 e. The summed E-state index contributed by atoms with van der Waals surface area (Å²) in [6, 6.07) is 14.3. The van der Waals surface area contributed by atoms with Gasteiger partial charge in [0.2, 0.25) is 17.8 Å². The van der Waals surface area contributed by atoms with Gasteiger partial charge in [-0.15, -0.1) is 0 Å². The number of para-hydroxylation sites is 1. The maximum atomic E-state index is 13.0. The first-order chi connectivity index (χ1) is 14.9. The number of fused-ring (bicyclic) bond motifs is 1. The number of hydrogen-bond acceptors (Lipinski definition) is 5. The fourth-order valence-electron chi connectivity index (χ4n) is 3.49. The molecule has 0 fully saturated rings. The van der Waals surface area contributed by atoms with Crippen LogP contribution in [0.1, 0.15) is 30.4 Å². The van der Waals surface area contributed by atoms with Crippen LogP contribution in [0.5, 0.6) is 0 Å². The molecule has 0 bridgehead atoms. The van der Waals surface area contributed by atoms with E-state index in [0.717, 1.165) is 12.0 Å². The van der Waals surface area contributed by atoms with Crippen molar-refractivity contribution in [3.63, 3.8) is 0 Å². The van der Waals surface area contributed by atoms with E-state index in [1.165, 1.54) is 0 Å². The van der Waals surface area contributed by atoms with Crippen molar-refractivity contribution in [2.45, 2.75) is 25.7 Å². The maximum absolute atomic E-state index is 13.0. The summed E-state index contributed by atoms with van der Waals surface area (Å²) in [4.78, 5) is 45.0. The molecule has 9 heteroatoms. The molecule has 2 amide bonds. The van der Waals surface area contributed by atoms with Crippen molar-refractivity contribution in [1.82, 2.24) is 9.97 Å². The fraction of sp³-hybridized carbons (Fsp3) is 0.182. The summed E-state index contributed by atoms with van der Waals surface area (Å²) in [5, 5.41) is 8.98. The Bertz CT molecular complexity index is 1210. The van der Waals surface area contributed by atoms with Crippen molar-refractivity contribution in [3.8, 4) is 0 Å². The van der Waals surface area contributed by atoms with Crippen molar-refractivity contribution in [3.05, 3.63) is 75.0 Å². The Hall–Kier alpha value is -3.65. The summed E-state index contributed by atoms with van der Waals surface area (Å²) in [6.45, 7) is 1.98. The van der Waals surface area contributed by atoms with Crippen molar-refractivity contribution in [2.75, 3.05) is 16.0 Å². The van der Waals surface area contributed by atoms with Crippen LogP contribution in [-0.2, 0) is 16.0 Å². The van der Waals surface area contributed by atoms with Gasteiger partial charge in [-0.05, 0) is 42.3 Å². The Kier molecular flexibility index (Phi) is 5.73. The van der Waals surface area contributed by atoms with Gasteiger partial charge in [0.15, 0.2) is 0 Å². The van der Waals surface area contributed by atoms with Gasteiger partial charge in [-0.3, -0.25) is 19.4 Å². The van der Waals surface area contributed by atoms with Crippen LogP contribution >= 0.6 is 11.6 Å². The quantitative estimate of drug-likeness (QED) is 0.484. The van der Waals surface area contributed by atoms with E-state index in [-0.39, 0.29) is 29.7 Å². The lowest BCUT2D eigenvalue weighted by atomic mass is 9.92. The van der Waals surface area contributed by atoms with Crippen LogP contribution in [-0.4, -0.2) is 21.8 Å². The van der Waals surface area contributed by atoms with E-state index in [1.807, 2.05) is 25.1 Å². The van der Waals surface area contributed by atoms with Gasteiger partial charge >= 0.3 is 0 Å². The average molecular weight is 438 g/mol. The third-order valence-corrected chi connectivity index (χ3v) is 5.28. The Balaban J connectivity index is 1.64. The molecule has 3 aromatic rings. The average Bonchev–Trinajstić information content (AvgIpc) is 2.75. The number of carbonyl (C=O) groups is 2. The van der Waals surface area contributed by atoms with Gasteiger partial charge in [0, 0.05) is 22.8 Å². The van der Waals surface area contributed by atoms with Gasteiger partial charge in [-0.1, -0.05) is 36.7 Å². The number of nitrogens with one attached hydrogen (secondary N) is 4. The van der Waals surface area contributed by atoms with Gasteiger partial charge in [0.1, 0.15) is 5.82 Å². The molecule has 31 heavy (non-hydrogen) atoms. The van der Waals surface area contributed by atoms with Crippen molar-refractivity contribution < 1.29 is 9.59 Å². The minimum Gasteiger partial charge on any atom is -0.326 e. The molecule has 0 radical (unpaired) electrons. The lowest BCUT2D eigenvalue weighted by Crippen LogP contribution is -2.36. The Morgan fingerprint density at radius 2 is 1.90 bits per heavy atom. The van der Waals surface area contributed by atoms with Crippen LogP contribution in [0, 0.1) is 0 Å². The Morgan fingerprint density at radius 3 is 2.65 bits per heavy atom. The predicted octanol–water partition coefficient (Wildman–Crippen LogP) is 3.79. The molecule has 2 aromatic carbocycles. The predicted molar refractivity (Wildman–Crippen MR) is 120 cm³/mol. The van der Waals surface area contributed by atoms with Crippen LogP contribution in [0.25, 0.3) is 0 Å². The van der Waals surface area contributed by atoms with Gasteiger partial charge in [-0.2, -0.15) is 4.98 Å². The zero-order valence-electron chi connectivity index (χ0n) is 16.7. The first-order valence-corrected chi connectivity index (χ1v) is 10.2. The van der Waals surface area contributed by atoms with Crippen LogP contribution < -0.4 is 21.5 Å². The third kappa shape index (κ3) is 4.44. The molecule has 4 N–H and O–H groups in total. The van der Waals surface area contributed by atoms with Gasteiger partial charge in [-0.25, -0.2) is 0 Å². The Morgan fingerprint density at radius 1 is 1.16 bits per heavy atom. The number of aromatic amines is 1. The fourth-order valence-corrected chi connectivity index (χ4v) is 3.62. The molecule has 2 heterocycles. The second-order valence-electron chi connectivity index (χ2n) is 7.11. The monoisotopic (exact) mass is 437 g/mol. The molecule has 1 unspecified atom stereocenters. The van der Waals surface area contributed by atoms with Crippen molar-refractivity contribution in [2.24, 2.45) is 0 Å². The number of nitrogens with zero attached hydrogens (tertiary/aromatic N) is 1. The summed E-state index contributed by atoms with van der Waals surface area (Å²) in [7, 11) is 0. The molecule has 1 aliphatic rings. The van der Waals surface area contributed by atoms with Crippen molar-refractivity contribution in [1.29, 1.82) is 0 Å². The molecule has 0 spiro atoms. The van der Waals surface area contributed by atoms with E-state index < -0.39 is 17.4 Å². The highest BCUT2D eigenvalue weighted by atomic mass is 35.5. The lowest BCUT2D eigenvalue weighted by Gasteiger charge is -2.24. The minimum atomic E-state index is -0.950. The largest absolute Gasteiger partial charge is 0.326 e. The minimum absolute atomic E-state index is 0.0698. The van der Waals surface area contributed by atoms with Crippen LogP contribution in [0.4, 0.5) is 23.1 Å². The van der Waals surface area contributed by atoms with Gasteiger partial charge in [0.05, 0.1) is 11.5 Å². The number of anilines is 4. The number of amides is 2. The summed E-state index contributed by atoms with van der Waals surface area (Å²) in [5.74, 6) is -1.55. The highest BCUT2D eigenvalue weighted by molar-refractivity contribution is 6.30. The van der Waals surface area contributed by atoms with Gasteiger partial charge in [0.25, 0.3) is 5.56 Å². The topological polar surface area (TPSA) is 116 Å². The number of aromatic nitrogens is 2. The molecule has 0 saturated heterocycles. The molecule has 1 aromatic heterocycles. The molecular weight excluding hydrogens is 418 g/mol. The summed E-state index contributed by atoms with van der Waals surface area (Å²) < 4.78 is 0. The molecule has 1 aliphatic heterocycles. The van der Waals surface area contributed by atoms with Crippen LogP contribution in [0.2, 0.25) is 5.02 Å². The zero-order valence-corrected chi connectivity index (χ0v) is 17.4. The van der Waals surface area contributed by atoms with E-state index >= 15 is 0 Å². The number of benzene rings is 2. The number of aryl methyl sites for hydroxylation is 1. The molecule has 8 nitrogen and oxygen atoms in total. The number of halogens is 1. The standard InChI is InChI=1S/C22H20ClN5O3/c1-2-12-5-3-4-6-16(12)25-20(30)15-11-17(29)26-19-18(15)21(31)28-22(27-19)24-14-9-7-13(23)8-10-14/h3-10,15H,2,11H2,1H3,(H,25,30)(H3,24,26,27,28,29,31). The van der Waals surface area contributed by atoms with E-state index in [1.54, 1.807) is 30.3 Å². The first kappa shape index (κ1) is 20.6. The first-order valence-electron chi connectivity index (χ1n) is 9.80. The second kappa shape index (κ2) is 8.61. The Labute approximate surface area is 183 Å². The normalized spacial score (nSPS) is 15.0. The summed E-state index contributed by atoms with van der Waals surface area (Å²) in [6.07, 6.45) is 0.599. The number of H-pyrrole nitrogens is 1. The van der Waals surface area contributed by atoms with E-state index in [2.05, 4.69) is 25.9 Å². The zero-order chi connectivity index (χ0) is 22.0. The highest BCUT2D eigenvalue weighted by Gasteiger charge is 2.35. The van der Waals surface area contributed by atoms with Crippen LogP contribution in [0.15, 0.2) is 53.3 Å². The molecule has 0 saturated carbocycles. The molecular formula is C22H20ClN5O3. The van der Waals surface area contributed by atoms with E-state index in [4.69, 9.17) is 11.6 Å². The molecule has 158 valence electrons. The molecule has 0 aliphatic carbocycles. The number of carbonyl (C=O) groups excluding carboxylic acids is 2. The van der Waals surface area contributed by atoms with E-state index in [0.29, 0.717) is 16.4 Å². The van der Waals surface area contributed by atoms with Crippen molar-refractivity contribution >= 4 is 46.6 Å². The third-order valence-electron chi connectivity index (χ3n) is 5.03. The molecule has 4 rings (SSSR count). The number of rotatable bonds is 5. The van der Waals surface area contributed by atoms with E-state index in [9.17, 15) is 14.4 Å². The smallest absolute Gasteiger partial charge is 0.258 e. The summed E-state index contributed by atoms with van der Waals surface area (Å²) >= 11 is 5.89. The van der Waals surface area contributed by atoms with Gasteiger partial charge < -0.3 is 16.0 Å². The lowest BCUT2D eigenvalue weighted by molar-refractivity contribution is -0.123. The second-order valence-corrected chi connectivity index (χ2v) is 7.55. The highest BCUT2D eigenvalue weighted by Crippen LogP contribution is 2.30. The van der Waals surface area contributed by atoms with Crippen LogP contribution in [0.3, 0.4) is 0 Å².